The molecule has 5 heteroatoms. The van der Waals surface area contributed by atoms with Gasteiger partial charge in [0.1, 0.15) is 23.8 Å². The smallest absolute Gasteiger partial charge is 0.150 e. The summed E-state index contributed by atoms with van der Waals surface area (Å²) in [7, 11) is 0. The molecule has 0 spiro atoms. The van der Waals surface area contributed by atoms with E-state index in [1.165, 1.54) is 6.33 Å². The van der Waals surface area contributed by atoms with E-state index in [4.69, 9.17) is 5.26 Å². The maximum atomic E-state index is 8.98. The molecule has 2 rings (SSSR count). The van der Waals surface area contributed by atoms with Crippen LogP contribution in [0.1, 0.15) is 12.5 Å². The van der Waals surface area contributed by atoms with Crippen LogP contribution < -0.4 is 4.90 Å². The molecule has 16 heavy (non-hydrogen) atoms. The zero-order valence-corrected chi connectivity index (χ0v) is 9.43. The van der Waals surface area contributed by atoms with Gasteiger partial charge in [0, 0.05) is 26.2 Å². The summed E-state index contributed by atoms with van der Waals surface area (Å²) >= 11 is 0. The van der Waals surface area contributed by atoms with E-state index in [1.54, 1.807) is 6.20 Å². The second-order valence-corrected chi connectivity index (χ2v) is 3.79. The standard InChI is InChI=1S/C11H15N5/c1-2-15-3-5-16(6-4-15)11-10(7-12)8-13-9-14-11/h8-9H,2-6H2,1H3. The van der Waals surface area contributed by atoms with Gasteiger partial charge in [-0.2, -0.15) is 5.26 Å². The minimum Gasteiger partial charge on any atom is -0.353 e. The van der Waals surface area contributed by atoms with Crippen LogP contribution >= 0.6 is 0 Å². The number of likely N-dealkylation sites (N-methyl/N-ethyl adjacent to an activating group) is 1. The Balaban J connectivity index is 2.11. The topological polar surface area (TPSA) is 56.1 Å². The molecule has 1 aliphatic rings. The van der Waals surface area contributed by atoms with Gasteiger partial charge in [-0.25, -0.2) is 9.97 Å². The Morgan fingerprint density at radius 3 is 2.75 bits per heavy atom. The Hall–Kier alpha value is -1.67. The number of nitrogens with zero attached hydrogens (tertiary/aromatic N) is 5. The molecule has 0 unspecified atom stereocenters. The van der Waals surface area contributed by atoms with Crippen LogP contribution in [0.5, 0.6) is 0 Å². The first-order valence-corrected chi connectivity index (χ1v) is 5.52. The first kappa shape index (κ1) is 10.8. The highest BCUT2D eigenvalue weighted by molar-refractivity contribution is 5.52. The molecule has 5 nitrogen and oxygen atoms in total. The molecule has 1 aromatic heterocycles. The number of hydrogen-bond donors (Lipinski definition) is 0. The Bertz CT molecular complexity index is 390. The Labute approximate surface area is 95.3 Å². The van der Waals surface area contributed by atoms with Crippen molar-refractivity contribution in [3.05, 3.63) is 18.1 Å². The van der Waals surface area contributed by atoms with Crippen molar-refractivity contribution in [3.8, 4) is 6.07 Å². The van der Waals surface area contributed by atoms with Crippen LogP contribution in [0, 0.1) is 11.3 Å². The summed E-state index contributed by atoms with van der Waals surface area (Å²) < 4.78 is 0. The van der Waals surface area contributed by atoms with E-state index in [0.717, 1.165) is 38.5 Å². The van der Waals surface area contributed by atoms with Crippen molar-refractivity contribution in [2.45, 2.75) is 6.92 Å². The number of rotatable bonds is 2. The first-order chi connectivity index (χ1) is 7.85. The van der Waals surface area contributed by atoms with Crippen molar-refractivity contribution in [2.24, 2.45) is 0 Å². The summed E-state index contributed by atoms with van der Waals surface area (Å²) in [5.74, 6) is 0.772. The summed E-state index contributed by atoms with van der Waals surface area (Å²) in [5.41, 5.74) is 0.562. The molecule has 0 bridgehead atoms. The van der Waals surface area contributed by atoms with E-state index in [0.29, 0.717) is 5.56 Å². The van der Waals surface area contributed by atoms with Crippen LogP contribution in [0.25, 0.3) is 0 Å². The highest BCUT2D eigenvalue weighted by atomic mass is 15.3. The fraction of sp³-hybridized carbons (Fsp3) is 0.545. The summed E-state index contributed by atoms with van der Waals surface area (Å²) in [6, 6.07) is 2.14. The van der Waals surface area contributed by atoms with E-state index >= 15 is 0 Å². The van der Waals surface area contributed by atoms with Crippen LogP contribution in [0.15, 0.2) is 12.5 Å². The Kier molecular flexibility index (Phi) is 3.32. The van der Waals surface area contributed by atoms with Gasteiger partial charge in [0.15, 0.2) is 0 Å². The molecule has 1 saturated heterocycles. The van der Waals surface area contributed by atoms with E-state index in [9.17, 15) is 0 Å². The third kappa shape index (κ3) is 2.12. The molecule has 1 aromatic rings. The molecule has 2 heterocycles. The van der Waals surface area contributed by atoms with Crippen LogP contribution in [0.3, 0.4) is 0 Å². The second kappa shape index (κ2) is 4.90. The lowest BCUT2D eigenvalue weighted by Gasteiger charge is -2.34. The maximum Gasteiger partial charge on any atom is 0.150 e. The molecule has 0 N–H and O–H groups in total. The zero-order chi connectivity index (χ0) is 11.4. The highest BCUT2D eigenvalue weighted by Gasteiger charge is 2.18. The first-order valence-electron chi connectivity index (χ1n) is 5.52. The molecular formula is C11H15N5. The minimum absolute atomic E-state index is 0.562. The number of anilines is 1. The van der Waals surface area contributed by atoms with Gasteiger partial charge in [-0.1, -0.05) is 6.92 Å². The quantitative estimate of drug-likeness (QED) is 0.721. The van der Waals surface area contributed by atoms with Crippen molar-refractivity contribution in [1.29, 1.82) is 5.26 Å². The van der Waals surface area contributed by atoms with Gasteiger partial charge in [-0.05, 0) is 6.54 Å². The van der Waals surface area contributed by atoms with Gasteiger partial charge >= 0.3 is 0 Å². The van der Waals surface area contributed by atoms with Crippen LogP contribution in [-0.4, -0.2) is 47.6 Å². The predicted octanol–water partition coefficient (Wildman–Crippen LogP) is 0.490. The molecule has 1 fully saturated rings. The van der Waals surface area contributed by atoms with Crippen molar-refractivity contribution < 1.29 is 0 Å². The summed E-state index contributed by atoms with van der Waals surface area (Å²) in [6.45, 7) is 7.18. The third-order valence-electron chi connectivity index (χ3n) is 2.93. The van der Waals surface area contributed by atoms with Gasteiger partial charge in [0.05, 0.1) is 6.20 Å². The average Bonchev–Trinajstić information content (AvgIpc) is 2.39. The van der Waals surface area contributed by atoms with Gasteiger partial charge < -0.3 is 9.80 Å². The van der Waals surface area contributed by atoms with Gasteiger partial charge in [0.2, 0.25) is 0 Å². The van der Waals surface area contributed by atoms with E-state index in [2.05, 4.69) is 32.8 Å². The Morgan fingerprint density at radius 1 is 1.38 bits per heavy atom. The van der Waals surface area contributed by atoms with E-state index in [1.807, 2.05) is 0 Å². The SMILES string of the molecule is CCN1CCN(c2ncncc2C#N)CC1. The van der Waals surface area contributed by atoms with Crippen LogP contribution in [0.2, 0.25) is 0 Å². The van der Waals surface area contributed by atoms with E-state index in [-0.39, 0.29) is 0 Å². The molecule has 0 radical (unpaired) electrons. The zero-order valence-electron chi connectivity index (χ0n) is 9.43. The van der Waals surface area contributed by atoms with Crippen LogP contribution in [0.4, 0.5) is 5.82 Å². The fourth-order valence-electron chi connectivity index (χ4n) is 1.93. The van der Waals surface area contributed by atoms with Gasteiger partial charge in [-0.15, -0.1) is 0 Å². The minimum atomic E-state index is 0.562. The number of aromatic nitrogens is 2. The van der Waals surface area contributed by atoms with Crippen molar-refractivity contribution in [3.63, 3.8) is 0 Å². The molecule has 0 aliphatic carbocycles. The Morgan fingerprint density at radius 2 is 2.12 bits per heavy atom. The molecule has 0 aromatic carbocycles. The molecular weight excluding hydrogens is 202 g/mol. The van der Waals surface area contributed by atoms with Gasteiger partial charge in [-0.3, -0.25) is 0 Å². The van der Waals surface area contributed by atoms with Crippen molar-refractivity contribution in [2.75, 3.05) is 37.6 Å². The number of piperazine rings is 1. The summed E-state index contributed by atoms with van der Waals surface area (Å²) in [6.07, 6.45) is 3.08. The predicted molar refractivity (Wildman–Crippen MR) is 61.1 cm³/mol. The van der Waals surface area contributed by atoms with E-state index < -0.39 is 0 Å². The fourth-order valence-corrected chi connectivity index (χ4v) is 1.93. The molecule has 0 amide bonds. The van der Waals surface area contributed by atoms with Crippen molar-refractivity contribution >= 4 is 5.82 Å². The average molecular weight is 217 g/mol. The van der Waals surface area contributed by atoms with Crippen LogP contribution in [-0.2, 0) is 0 Å². The van der Waals surface area contributed by atoms with Crippen molar-refractivity contribution in [1.82, 2.24) is 14.9 Å². The molecule has 84 valence electrons. The highest BCUT2D eigenvalue weighted by Crippen LogP contribution is 2.16. The summed E-state index contributed by atoms with van der Waals surface area (Å²) in [5, 5.41) is 8.98. The lowest BCUT2D eigenvalue weighted by Crippen LogP contribution is -2.46. The lowest BCUT2D eigenvalue weighted by molar-refractivity contribution is 0.270. The number of nitriles is 1. The van der Waals surface area contributed by atoms with Gasteiger partial charge in [0.25, 0.3) is 0 Å². The molecule has 0 atom stereocenters. The maximum absolute atomic E-state index is 8.98. The second-order valence-electron chi connectivity index (χ2n) is 3.79. The third-order valence-corrected chi connectivity index (χ3v) is 2.93. The largest absolute Gasteiger partial charge is 0.353 e. The molecule has 1 aliphatic heterocycles. The molecule has 0 saturated carbocycles. The number of hydrogen-bond acceptors (Lipinski definition) is 5. The lowest BCUT2D eigenvalue weighted by atomic mass is 10.2. The summed E-state index contributed by atoms with van der Waals surface area (Å²) in [4.78, 5) is 12.6. The monoisotopic (exact) mass is 217 g/mol. The normalized spacial score (nSPS) is 17.1.